The van der Waals surface area contributed by atoms with E-state index in [0.717, 1.165) is 11.3 Å². The summed E-state index contributed by atoms with van der Waals surface area (Å²) in [5.74, 6) is 2.28. The molecule has 0 spiro atoms. The molecule has 0 atom stereocenters. The summed E-state index contributed by atoms with van der Waals surface area (Å²) in [6.07, 6.45) is 0. The summed E-state index contributed by atoms with van der Waals surface area (Å²) in [6, 6.07) is 7.83. The molecule has 2 aromatic rings. The normalized spacial score (nSPS) is 11.4. The van der Waals surface area contributed by atoms with E-state index in [0.29, 0.717) is 17.5 Å². The number of nitrogens with zero attached hydrogens (tertiary/aromatic N) is 2. The van der Waals surface area contributed by atoms with Gasteiger partial charge in [0, 0.05) is 6.07 Å². The second-order valence-corrected chi connectivity index (χ2v) is 6.01. The Balaban J connectivity index is 2.30. The van der Waals surface area contributed by atoms with Crippen LogP contribution in [-0.2, 0) is 5.41 Å². The number of hydrogen-bond donors (Lipinski definition) is 1. The average molecular weight is 271 g/mol. The molecule has 0 saturated carbocycles. The van der Waals surface area contributed by atoms with E-state index < -0.39 is 0 Å². The van der Waals surface area contributed by atoms with Gasteiger partial charge in [-0.05, 0) is 36.5 Å². The number of hydrogen-bond acceptors (Lipinski definition) is 4. The van der Waals surface area contributed by atoms with Crippen molar-refractivity contribution in [3.63, 3.8) is 0 Å². The molecule has 2 rings (SSSR count). The first kappa shape index (κ1) is 14.3. The molecule has 0 amide bonds. The van der Waals surface area contributed by atoms with Crippen LogP contribution in [0.1, 0.15) is 37.7 Å². The highest BCUT2D eigenvalue weighted by atomic mass is 16.5. The highest BCUT2D eigenvalue weighted by molar-refractivity contribution is 5.42. The molecule has 1 aromatic carbocycles. The smallest absolute Gasteiger partial charge is 0.224 e. The number of nitrogen functional groups attached to an aromatic ring is 1. The predicted octanol–water partition coefficient (Wildman–Crippen LogP) is 3.77. The van der Waals surface area contributed by atoms with E-state index in [1.165, 1.54) is 5.56 Å². The minimum atomic E-state index is 0.124. The van der Waals surface area contributed by atoms with Gasteiger partial charge in [0.1, 0.15) is 17.4 Å². The summed E-state index contributed by atoms with van der Waals surface area (Å²) < 4.78 is 5.81. The Morgan fingerprint density at radius 1 is 1.05 bits per heavy atom. The Bertz CT molecular complexity index is 610. The van der Waals surface area contributed by atoms with Gasteiger partial charge in [-0.15, -0.1) is 0 Å². The molecule has 0 aliphatic heterocycles. The van der Waals surface area contributed by atoms with Crippen molar-refractivity contribution in [3.8, 4) is 11.6 Å². The summed E-state index contributed by atoms with van der Waals surface area (Å²) >= 11 is 0. The van der Waals surface area contributed by atoms with Crippen LogP contribution >= 0.6 is 0 Å². The molecule has 2 N–H and O–H groups in total. The van der Waals surface area contributed by atoms with Gasteiger partial charge >= 0.3 is 0 Å². The standard InChI is InChI=1S/C16H21N3O/c1-10-8-12(16(3,4)5)6-7-13(10)20-15-9-14(17)18-11(2)19-15/h6-9H,1-5H3,(H2,17,18,19). The van der Waals surface area contributed by atoms with Crippen molar-refractivity contribution in [2.45, 2.75) is 40.0 Å². The summed E-state index contributed by atoms with van der Waals surface area (Å²) in [4.78, 5) is 8.26. The van der Waals surface area contributed by atoms with Crippen LogP contribution in [0.25, 0.3) is 0 Å². The minimum Gasteiger partial charge on any atom is -0.439 e. The zero-order chi connectivity index (χ0) is 14.9. The Morgan fingerprint density at radius 2 is 1.75 bits per heavy atom. The van der Waals surface area contributed by atoms with Gasteiger partial charge in [0.25, 0.3) is 0 Å². The van der Waals surface area contributed by atoms with Crippen molar-refractivity contribution < 1.29 is 4.74 Å². The maximum atomic E-state index is 5.81. The van der Waals surface area contributed by atoms with Crippen molar-refractivity contribution in [1.29, 1.82) is 0 Å². The Labute approximate surface area is 120 Å². The molecule has 0 aliphatic carbocycles. The Kier molecular flexibility index (Phi) is 3.66. The number of rotatable bonds is 2. The molecule has 1 heterocycles. The lowest BCUT2D eigenvalue weighted by atomic mass is 9.86. The molecule has 0 radical (unpaired) electrons. The van der Waals surface area contributed by atoms with Gasteiger partial charge in [-0.2, -0.15) is 4.98 Å². The number of anilines is 1. The molecular weight excluding hydrogens is 250 g/mol. The Hall–Kier alpha value is -2.10. The topological polar surface area (TPSA) is 61.0 Å². The van der Waals surface area contributed by atoms with Gasteiger partial charge in [-0.1, -0.05) is 32.9 Å². The Morgan fingerprint density at radius 3 is 2.30 bits per heavy atom. The highest BCUT2D eigenvalue weighted by Gasteiger charge is 2.15. The van der Waals surface area contributed by atoms with E-state index in [1.807, 2.05) is 13.0 Å². The predicted molar refractivity (Wildman–Crippen MR) is 81.1 cm³/mol. The van der Waals surface area contributed by atoms with Gasteiger partial charge in [0.05, 0.1) is 0 Å². The van der Waals surface area contributed by atoms with Crippen molar-refractivity contribution in [3.05, 3.63) is 41.2 Å². The maximum Gasteiger partial charge on any atom is 0.224 e. The number of aryl methyl sites for hydroxylation is 2. The van der Waals surface area contributed by atoms with Crippen molar-refractivity contribution in [1.82, 2.24) is 9.97 Å². The fourth-order valence-electron chi connectivity index (χ4n) is 1.96. The van der Waals surface area contributed by atoms with E-state index >= 15 is 0 Å². The van der Waals surface area contributed by atoms with Crippen LogP contribution in [0, 0.1) is 13.8 Å². The van der Waals surface area contributed by atoms with Gasteiger partial charge in [-0.25, -0.2) is 4.98 Å². The summed E-state index contributed by atoms with van der Waals surface area (Å²) in [6.45, 7) is 10.4. The first-order valence-electron chi connectivity index (χ1n) is 6.66. The van der Waals surface area contributed by atoms with Crippen LogP contribution in [0.2, 0.25) is 0 Å². The number of nitrogens with two attached hydrogens (primary N) is 1. The summed E-state index contributed by atoms with van der Waals surface area (Å²) in [5, 5.41) is 0. The van der Waals surface area contributed by atoms with Crippen LogP contribution in [0.5, 0.6) is 11.6 Å². The third-order valence-corrected chi connectivity index (χ3v) is 3.09. The third-order valence-electron chi connectivity index (χ3n) is 3.09. The van der Waals surface area contributed by atoms with Crippen LogP contribution in [0.15, 0.2) is 24.3 Å². The van der Waals surface area contributed by atoms with E-state index in [9.17, 15) is 0 Å². The van der Waals surface area contributed by atoms with E-state index in [4.69, 9.17) is 10.5 Å². The third kappa shape index (κ3) is 3.26. The van der Waals surface area contributed by atoms with Crippen molar-refractivity contribution in [2.75, 3.05) is 5.73 Å². The van der Waals surface area contributed by atoms with E-state index in [2.05, 4.69) is 42.9 Å². The molecule has 0 fully saturated rings. The van der Waals surface area contributed by atoms with Gasteiger partial charge in [0.2, 0.25) is 5.88 Å². The first-order valence-corrected chi connectivity index (χ1v) is 6.66. The van der Waals surface area contributed by atoms with Crippen LogP contribution < -0.4 is 10.5 Å². The number of benzene rings is 1. The molecule has 0 bridgehead atoms. The van der Waals surface area contributed by atoms with Gasteiger partial charge in [0.15, 0.2) is 0 Å². The van der Waals surface area contributed by atoms with Crippen molar-refractivity contribution >= 4 is 5.82 Å². The summed E-state index contributed by atoms with van der Waals surface area (Å²) in [5.41, 5.74) is 8.18. The molecule has 1 aromatic heterocycles. The monoisotopic (exact) mass is 271 g/mol. The van der Waals surface area contributed by atoms with Crippen LogP contribution in [0.3, 0.4) is 0 Å². The SMILES string of the molecule is Cc1nc(N)cc(Oc2ccc(C(C)(C)C)cc2C)n1. The molecule has 0 unspecified atom stereocenters. The lowest BCUT2D eigenvalue weighted by molar-refractivity contribution is 0.456. The zero-order valence-electron chi connectivity index (χ0n) is 12.7. The zero-order valence-corrected chi connectivity index (χ0v) is 12.7. The van der Waals surface area contributed by atoms with Crippen LogP contribution in [-0.4, -0.2) is 9.97 Å². The molecule has 106 valence electrons. The molecule has 0 saturated heterocycles. The molecular formula is C16H21N3O. The first-order chi connectivity index (χ1) is 9.25. The average Bonchev–Trinajstić information content (AvgIpc) is 2.29. The second kappa shape index (κ2) is 5.12. The lowest BCUT2D eigenvalue weighted by Crippen LogP contribution is -2.11. The second-order valence-electron chi connectivity index (χ2n) is 6.01. The van der Waals surface area contributed by atoms with Crippen LogP contribution in [0.4, 0.5) is 5.82 Å². The van der Waals surface area contributed by atoms with E-state index in [-0.39, 0.29) is 5.41 Å². The molecule has 4 heteroatoms. The summed E-state index contributed by atoms with van der Waals surface area (Å²) in [7, 11) is 0. The number of aromatic nitrogens is 2. The fraction of sp³-hybridized carbons (Fsp3) is 0.375. The lowest BCUT2D eigenvalue weighted by Gasteiger charge is -2.20. The molecule has 0 aliphatic rings. The minimum absolute atomic E-state index is 0.124. The van der Waals surface area contributed by atoms with E-state index in [1.54, 1.807) is 13.0 Å². The van der Waals surface area contributed by atoms with Crippen molar-refractivity contribution in [2.24, 2.45) is 0 Å². The molecule has 20 heavy (non-hydrogen) atoms. The number of ether oxygens (including phenoxy) is 1. The van der Waals surface area contributed by atoms with Gasteiger partial charge in [-0.3, -0.25) is 0 Å². The van der Waals surface area contributed by atoms with Gasteiger partial charge < -0.3 is 10.5 Å². The fourth-order valence-corrected chi connectivity index (χ4v) is 1.96. The maximum absolute atomic E-state index is 5.81. The quantitative estimate of drug-likeness (QED) is 0.903. The largest absolute Gasteiger partial charge is 0.439 e. The molecule has 4 nitrogen and oxygen atoms in total. The highest BCUT2D eigenvalue weighted by Crippen LogP contribution is 2.30.